The summed E-state index contributed by atoms with van der Waals surface area (Å²) < 4.78 is 27.6. The fourth-order valence-electron chi connectivity index (χ4n) is 4.14. The standard InChI is InChI=1S/C26H30N4O6/c1-2-33-21-6-3-19(4-7-21)14-29(15-20-5-8-23-24(13-20)36-18-35-23)16-25-27-22(17-34-25)26(31)28-30-9-11-32-12-10-30/h3-8,13,17H,2,9-12,14-16,18H2,1H3,(H,28,31). The number of nitrogens with zero attached hydrogens (tertiary/aromatic N) is 3. The number of hydrogen-bond donors (Lipinski definition) is 1. The lowest BCUT2D eigenvalue weighted by atomic mass is 10.1. The maximum absolute atomic E-state index is 12.6. The van der Waals surface area contributed by atoms with Crippen LogP contribution < -0.4 is 19.6 Å². The maximum atomic E-state index is 12.6. The summed E-state index contributed by atoms with van der Waals surface area (Å²) in [4.78, 5) is 19.3. The van der Waals surface area contributed by atoms with E-state index in [0.717, 1.165) is 28.4 Å². The average Bonchev–Trinajstić information content (AvgIpc) is 3.55. The van der Waals surface area contributed by atoms with Crippen molar-refractivity contribution in [2.24, 2.45) is 0 Å². The molecule has 2 aromatic carbocycles. The Morgan fingerprint density at radius 2 is 1.78 bits per heavy atom. The number of hydrazine groups is 1. The van der Waals surface area contributed by atoms with Crippen molar-refractivity contribution >= 4 is 5.91 Å². The lowest BCUT2D eigenvalue weighted by molar-refractivity contribution is 0.0124. The smallest absolute Gasteiger partial charge is 0.287 e. The van der Waals surface area contributed by atoms with Gasteiger partial charge in [0.05, 0.1) is 26.4 Å². The number of morpholine rings is 1. The Labute approximate surface area is 209 Å². The van der Waals surface area contributed by atoms with Crippen molar-refractivity contribution in [1.82, 2.24) is 20.3 Å². The van der Waals surface area contributed by atoms with Crippen molar-refractivity contribution in [3.63, 3.8) is 0 Å². The number of fused-ring (bicyclic) bond motifs is 1. The Bertz CT molecular complexity index is 1160. The van der Waals surface area contributed by atoms with Gasteiger partial charge in [0.1, 0.15) is 12.0 Å². The predicted molar refractivity (Wildman–Crippen MR) is 129 cm³/mol. The van der Waals surface area contributed by atoms with E-state index < -0.39 is 0 Å². The van der Waals surface area contributed by atoms with Gasteiger partial charge >= 0.3 is 0 Å². The molecule has 2 aliphatic heterocycles. The van der Waals surface area contributed by atoms with Crippen molar-refractivity contribution in [3.8, 4) is 17.2 Å². The van der Waals surface area contributed by atoms with Crippen LogP contribution in [0.5, 0.6) is 17.2 Å². The highest BCUT2D eigenvalue weighted by molar-refractivity contribution is 5.91. The molecule has 1 fully saturated rings. The Balaban J connectivity index is 1.28. The molecule has 3 heterocycles. The van der Waals surface area contributed by atoms with Gasteiger partial charge in [-0.15, -0.1) is 0 Å². The number of rotatable bonds is 10. The van der Waals surface area contributed by atoms with Crippen LogP contribution in [0.2, 0.25) is 0 Å². The van der Waals surface area contributed by atoms with Crippen LogP contribution in [0.15, 0.2) is 53.1 Å². The number of aromatic nitrogens is 1. The molecule has 1 N–H and O–H groups in total. The molecule has 2 aliphatic rings. The molecule has 0 spiro atoms. The van der Waals surface area contributed by atoms with Crippen molar-refractivity contribution < 1.29 is 28.2 Å². The molecule has 5 rings (SSSR count). The summed E-state index contributed by atoms with van der Waals surface area (Å²) in [6, 6.07) is 14.0. The summed E-state index contributed by atoms with van der Waals surface area (Å²) in [5.41, 5.74) is 5.30. The van der Waals surface area contributed by atoms with E-state index in [1.807, 2.05) is 42.3 Å². The highest BCUT2D eigenvalue weighted by Gasteiger charge is 2.20. The van der Waals surface area contributed by atoms with E-state index in [2.05, 4.69) is 27.4 Å². The molecule has 10 heteroatoms. The minimum Gasteiger partial charge on any atom is -0.494 e. The molecule has 1 saturated heterocycles. The number of nitrogens with one attached hydrogen (secondary N) is 1. The number of carbonyl (C=O) groups is 1. The molecule has 0 atom stereocenters. The second-order valence-corrected chi connectivity index (χ2v) is 8.58. The SMILES string of the molecule is CCOc1ccc(CN(Cc2ccc3c(c2)OCO3)Cc2nc(C(=O)NN3CCOCC3)co2)cc1. The third-order valence-corrected chi connectivity index (χ3v) is 5.90. The summed E-state index contributed by atoms with van der Waals surface area (Å²) in [7, 11) is 0. The zero-order valence-corrected chi connectivity index (χ0v) is 20.3. The van der Waals surface area contributed by atoms with Crippen LogP contribution >= 0.6 is 0 Å². The molecule has 0 saturated carbocycles. The summed E-state index contributed by atoms with van der Waals surface area (Å²) >= 11 is 0. The second kappa shape index (κ2) is 11.4. The normalized spacial score (nSPS) is 15.3. The maximum Gasteiger partial charge on any atom is 0.287 e. The zero-order valence-electron chi connectivity index (χ0n) is 20.3. The third kappa shape index (κ3) is 6.14. The Kier molecular flexibility index (Phi) is 7.65. The third-order valence-electron chi connectivity index (χ3n) is 5.90. The Morgan fingerprint density at radius 3 is 2.58 bits per heavy atom. The van der Waals surface area contributed by atoms with E-state index in [1.54, 1.807) is 0 Å². The molecule has 0 bridgehead atoms. The van der Waals surface area contributed by atoms with Gasteiger partial charge in [-0.1, -0.05) is 18.2 Å². The first-order valence-electron chi connectivity index (χ1n) is 12.1. The number of ether oxygens (including phenoxy) is 4. The number of carbonyl (C=O) groups excluding carboxylic acids is 1. The molecule has 0 radical (unpaired) electrons. The fraction of sp³-hybridized carbons (Fsp3) is 0.385. The minimum atomic E-state index is -0.291. The van der Waals surface area contributed by atoms with Crippen LogP contribution in [-0.4, -0.2) is 60.5 Å². The largest absolute Gasteiger partial charge is 0.494 e. The first kappa shape index (κ1) is 24.1. The molecule has 3 aromatic rings. The topological polar surface area (TPSA) is 98.5 Å². The minimum absolute atomic E-state index is 0.236. The average molecular weight is 495 g/mol. The molecular weight excluding hydrogens is 464 g/mol. The number of benzene rings is 2. The van der Waals surface area contributed by atoms with Crippen molar-refractivity contribution in [2.75, 3.05) is 39.7 Å². The summed E-state index contributed by atoms with van der Waals surface area (Å²) in [6.45, 7) is 6.99. The predicted octanol–water partition coefficient (Wildman–Crippen LogP) is 2.98. The lowest BCUT2D eigenvalue weighted by Crippen LogP contribution is -2.48. The van der Waals surface area contributed by atoms with Gasteiger partial charge in [0.2, 0.25) is 12.7 Å². The highest BCUT2D eigenvalue weighted by atomic mass is 16.7. The Morgan fingerprint density at radius 1 is 1.03 bits per heavy atom. The van der Waals surface area contributed by atoms with Crippen LogP contribution in [0.4, 0.5) is 0 Å². The van der Waals surface area contributed by atoms with Crippen LogP contribution in [0.25, 0.3) is 0 Å². The first-order chi connectivity index (χ1) is 17.7. The van der Waals surface area contributed by atoms with Gasteiger partial charge in [0.15, 0.2) is 17.2 Å². The van der Waals surface area contributed by atoms with E-state index in [4.69, 9.17) is 23.4 Å². The van der Waals surface area contributed by atoms with E-state index in [-0.39, 0.29) is 18.4 Å². The summed E-state index contributed by atoms with van der Waals surface area (Å²) in [5.74, 6) is 2.51. The first-order valence-corrected chi connectivity index (χ1v) is 12.1. The molecule has 0 unspecified atom stereocenters. The van der Waals surface area contributed by atoms with Crippen LogP contribution in [0, 0.1) is 0 Å². The molecule has 0 aliphatic carbocycles. The van der Waals surface area contributed by atoms with Gasteiger partial charge in [-0.3, -0.25) is 15.1 Å². The van der Waals surface area contributed by atoms with Crippen LogP contribution in [0.3, 0.4) is 0 Å². The van der Waals surface area contributed by atoms with E-state index in [9.17, 15) is 4.79 Å². The van der Waals surface area contributed by atoms with E-state index in [1.165, 1.54) is 6.26 Å². The lowest BCUT2D eigenvalue weighted by Gasteiger charge is -2.26. The van der Waals surface area contributed by atoms with Gasteiger partial charge in [-0.2, -0.15) is 0 Å². The van der Waals surface area contributed by atoms with Gasteiger partial charge in [0, 0.05) is 26.2 Å². The monoisotopic (exact) mass is 494 g/mol. The molecule has 10 nitrogen and oxygen atoms in total. The van der Waals surface area contributed by atoms with E-state index >= 15 is 0 Å². The number of hydrogen-bond acceptors (Lipinski definition) is 9. The molecule has 190 valence electrons. The summed E-state index contributed by atoms with van der Waals surface area (Å²) in [6.07, 6.45) is 1.40. The quantitative estimate of drug-likeness (QED) is 0.456. The zero-order chi connectivity index (χ0) is 24.7. The van der Waals surface area contributed by atoms with Gasteiger partial charge in [-0.05, 0) is 42.3 Å². The fourth-order valence-corrected chi connectivity index (χ4v) is 4.14. The van der Waals surface area contributed by atoms with Gasteiger partial charge in [0.25, 0.3) is 5.91 Å². The van der Waals surface area contributed by atoms with Crippen LogP contribution in [-0.2, 0) is 24.4 Å². The van der Waals surface area contributed by atoms with Crippen LogP contribution in [0.1, 0.15) is 34.4 Å². The van der Waals surface area contributed by atoms with Gasteiger partial charge in [-0.25, -0.2) is 9.99 Å². The van der Waals surface area contributed by atoms with Gasteiger partial charge < -0.3 is 23.4 Å². The highest BCUT2D eigenvalue weighted by Crippen LogP contribution is 2.33. The molecule has 36 heavy (non-hydrogen) atoms. The molecule has 1 aromatic heterocycles. The van der Waals surface area contributed by atoms with E-state index in [0.29, 0.717) is 58.4 Å². The van der Waals surface area contributed by atoms with Crippen molar-refractivity contribution in [3.05, 3.63) is 71.4 Å². The molecular formula is C26H30N4O6. The summed E-state index contributed by atoms with van der Waals surface area (Å²) in [5, 5.41) is 1.83. The van der Waals surface area contributed by atoms with Crippen molar-refractivity contribution in [2.45, 2.75) is 26.6 Å². The number of oxazole rings is 1. The van der Waals surface area contributed by atoms with Crippen molar-refractivity contribution in [1.29, 1.82) is 0 Å². The molecule has 1 amide bonds. The Hall–Kier alpha value is -3.60. The number of amides is 1. The second-order valence-electron chi connectivity index (χ2n) is 8.58.